The number of benzene rings is 2. The van der Waals surface area contributed by atoms with E-state index in [0.717, 1.165) is 22.4 Å². The first-order valence-electron chi connectivity index (χ1n) is 10.3. The third kappa shape index (κ3) is 4.03. The van der Waals surface area contributed by atoms with Gasteiger partial charge >= 0.3 is 0 Å². The second kappa shape index (κ2) is 8.80. The molecule has 8 nitrogen and oxygen atoms in total. The molecule has 0 aliphatic carbocycles. The van der Waals surface area contributed by atoms with Gasteiger partial charge in [-0.1, -0.05) is 17.3 Å². The average Bonchev–Trinajstić information content (AvgIpc) is 3.48. The summed E-state index contributed by atoms with van der Waals surface area (Å²) in [5.41, 5.74) is 3.17. The second-order valence-corrected chi connectivity index (χ2v) is 7.96. The monoisotopic (exact) mass is 468 g/mol. The van der Waals surface area contributed by atoms with Crippen LogP contribution in [0.15, 0.2) is 52.7 Å². The maximum atomic E-state index is 13.6. The molecule has 3 aromatic rings. The first-order chi connectivity index (χ1) is 16.0. The largest absolute Gasteiger partial charge is 0.454 e. The van der Waals surface area contributed by atoms with Crippen molar-refractivity contribution >= 4 is 22.9 Å². The van der Waals surface area contributed by atoms with Crippen LogP contribution in [-0.4, -0.2) is 47.2 Å². The Kier molecular flexibility index (Phi) is 5.69. The minimum atomic E-state index is -0.387. The van der Waals surface area contributed by atoms with Crippen LogP contribution in [0, 0.1) is 5.82 Å². The molecule has 5 rings (SSSR count). The molecule has 1 N–H and O–H groups in total. The molecule has 0 amide bonds. The fourth-order valence-corrected chi connectivity index (χ4v) is 4.25. The molecule has 3 heterocycles. The highest BCUT2D eigenvalue weighted by atomic mass is 32.1. The highest BCUT2D eigenvalue weighted by Gasteiger charge is 2.34. The Morgan fingerprint density at radius 1 is 1.18 bits per heavy atom. The lowest BCUT2D eigenvalue weighted by Crippen LogP contribution is -2.47. The van der Waals surface area contributed by atoms with Crippen molar-refractivity contribution < 1.29 is 23.1 Å². The van der Waals surface area contributed by atoms with E-state index < -0.39 is 0 Å². The van der Waals surface area contributed by atoms with Crippen LogP contribution in [0.25, 0.3) is 17.0 Å². The lowest BCUT2D eigenvalue weighted by molar-refractivity contribution is 0.174. The number of thiocarbonyl (C=S) groups is 1. The smallest absolute Gasteiger partial charge is 0.258 e. The fraction of sp³-hybridized carbons (Fsp3) is 0.261. The third-order valence-electron chi connectivity index (χ3n) is 5.61. The summed E-state index contributed by atoms with van der Waals surface area (Å²) in [6.07, 6.45) is 0. The second-order valence-electron chi connectivity index (χ2n) is 7.57. The van der Waals surface area contributed by atoms with Crippen molar-refractivity contribution in [2.75, 3.05) is 27.1 Å². The van der Waals surface area contributed by atoms with E-state index in [4.69, 9.17) is 31.0 Å². The molecule has 0 saturated heterocycles. The number of fused-ring (bicyclic) bond motifs is 1. The molecule has 0 bridgehead atoms. The van der Waals surface area contributed by atoms with Crippen molar-refractivity contribution in [2.24, 2.45) is 0 Å². The van der Waals surface area contributed by atoms with Gasteiger partial charge in [0.25, 0.3) is 5.89 Å². The van der Waals surface area contributed by atoms with E-state index in [-0.39, 0.29) is 18.7 Å². The molecular weight excluding hydrogens is 447 g/mol. The van der Waals surface area contributed by atoms with Crippen molar-refractivity contribution in [3.05, 3.63) is 65.4 Å². The standard InChI is InChI=1S/C23H21FN4O4S/c1-13-19(22-26-21(27-32-22)15-5-8-17-18(11-15)31-12-30-17)20(14-3-6-16(24)7-4-14)25-23(33)28(13)9-10-29-2/h3-8,11,20H,9-10,12H2,1-2H3,(H,25,33). The van der Waals surface area contributed by atoms with Crippen LogP contribution in [-0.2, 0) is 4.74 Å². The summed E-state index contributed by atoms with van der Waals surface area (Å²) in [5, 5.41) is 8.06. The minimum absolute atomic E-state index is 0.185. The van der Waals surface area contributed by atoms with E-state index in [2.05, 4.69) is 15.5 Å². The van der Waals surface area contributed by atoms with Crippen LogP contribution in [0.4, 0.5) is 4.39 Å². The predicted molar refractivity (Wildman–Crippen MR) is 122 cm³/mol. The van der Waals surface area contributed by atoms with Gasteiger partial charge in [-0.2, -0.15) is 4.98 Å². The van der Waals surface area contributed by atoms with Gasteiger partial charge in [0.2, 0.25) is 12.6 Å². The zero-order valence-corrected chi connectivity index (χ0v) is 18.8. The zero-order chi connectivity index (χ0) is 22.9. The number of allylic oxidation sites excluding steroid dienone is 1. The Morgan fingerprint density at radius 3 is 2.76 bits per heavy atom. The van der Waals surface area contributed by atoms with E-state index in [0.29, 0.717) is 41.5 Å². The lowest BCUT2D eigenvalue weighted by Gasteiger charge is -2.37. The number of nitrogens with zero attached hydrogens (tertiary/aromatic N) is 3. The molecule has 1 atom stereocenters. The molecular formula is C23H21FN4O4S. The van der Waals surface area contributed by atoms with E-state index >= 15 is 0 Å². The van der Waals surface area contributed by atoms with Crippen molar-refractivity contribution in [3.63, 3.8) is 0 Å². The van der Waals surface area contributed by atoms with Crippen LogP contribution in [0.1, 0.15) is 24.4 Å². The number of hydrogen-bond acceptors (Lipinski definition) is 7. The molecule has 2 aliphatic heterocycles. The van der Waals surface area contributed by atoms with E-state index in [1.165, 1.54) is 12.1 Å². The summed E-state index contributed by atoms with van der Waals surface area (Å²) < 4.78 is 35.3. The quantitative estimate of drug-likeness (QED) is 0.542. The zero-order valence-electron chi connectivity index (χ0n) is 18.0. The molecule has 33 heavy (non-hydrogen) atoms. The topological polar surface area (TPSA) is 81.9 Å². The van der Waals surface area contributed by atoms with Gasteiger partial charge in [0.1, 0.15) is 5.82 Å². The Morgan fingerprint density at radius 2 is 1.97 bits per heavy atom. The SMILES string of the molecule is COCCN1C(=S)NC(c2ccc(F)cc2)C(c2nc(-c3ccc4c(c3)OCO4)no2)=C1C. The third-order valence-corrected chi connectivity index (χ3v) is 5.94. The fourth-order valence-electron chi connectivity index (χ4n) is 3.90. The maximum absolute atomic E-state index is 13.6. The molecule has 0 spiro atoms. The first-order valence-corrected chi connectivity index (χ1v) is 10.7. The molecule has 10 heteroatoms. The van der Waals surface area contributed by atoms with E-state index in [1.807, 2.05) is 30.0 Å². The molecule has 0 fully saturated rings. The number of hydrogen-bond donors (Lipinski definition) is 1. The molecule has 1 aromatic heterocycles. The number of aromatic nitrogens is 2. The summed E-state index contributed by atoms with van der Waals surface area (Å²) in [7, 11) is 1.64. The van der Waals surface area contributed by atoms with Gasteiger partial charge in [-0.15, -0.1) is 0 Å². The van der Waals surface area contributed by atoms with Gasteiger partial charge in [0, 0.05) is 24.9 Å². The summed E-state index contributed by atoms with van der Waals surface area (Å²) >= 11 is 5.61. The lowest BCUT2D eigenvalue weighted by atomic mass is 9.95. The number of halogens is 1. The molecule has 170 valence electrons. The molecule has 0 radical (unpaired) electrons. The Labute approximate surface area is 194 Å². The number of rotatable bonds is 6. The van der Waals surface area contributed by atoms with Crippen LogP contribution in [0.5, 0.6) is 11.5 Å². The van der Waals surface area contributed by atoms with Gasteiger partial charge in [0.15, 0.2) is 16.6 Å². The van der Waals surface area contributed by atoms with E-state index in [1.54, 1.807) is 19.2 Å². The number of ether oxygens (including phenoxy) is 3. The molecule has 2 aliphatic rings. The summed E-state index contributed by atoms with van der Waals surface area (Å²) in [4.78, 5) is 6.60. The van der Waals surface area contributed by atoms with Crippen molar-refractivity contribution in [1.82, 2.24) is 20.4 Å². The molecule has 2 aromatic carbocycles. The minimum Gasteiger partial charge on any atom is -0.454 e. The summed E-state index contributed by atoms with van der Waals surface area (Å²) in [5.74, 6) is 1.75. The maximum Gasteiger partial charge on any atom is 0.258 e. The normalized spacial score (nSPS) is 17.5. The van der Waals surface area contributed by atoms with Crippen LogP contribution in [0.3, 0.4) is 0 Å². The van der Waals surface area contributed by atoms with E-state index in [9.17, 15) is 4.39 Å². The number of nitrogens with one attached hydrogen (secondary N) is 1. The van der Waals surface area contributed by atoms with Gasteiger partial charge < -0.3 is 29.0 Å². The van der Waals surface area contributed by atoms with Crippen LogP contribution >= 0.6 is 12.2 Å². The van der Waals surface area contributed by atoms with Gasteiger partial charge in [-0.05, 0) is 55.0 Å². The highest BCUT2D eigenvalue weighted by Crippen LogP contribution is 2.39. The predicted octanol–water partition coefficient (Wildman–Crippen LogP) is 3.91. The Balaban J connectivity index is 1.56. The summed E-state index contributed by atoms with van der Waals surface area (Å²) in [6, 6.07) is 11.3. The number of methoxy groups -OCH3 is 1. The van der Waals surface area contributed by atoms with Crippen molar-refractivity contribution in [3.8, 4) is 22.9 Å². The first kappa shape index (κ1) is 21.4. The van der Waals surface area contributed by atoms with Crippen LogP contribution < -0.4 is 14.8 Å². The Hall–Kier alpha value is -3.50. The Bertz CT molecular complexity index is 1230. The van der Waals surface area contributed by atoms with Crippen molar-refractivity contribution in [1.29, 1.82) is 0 Å². The van der Waals surface area contributed by atoms with Crippen molar-refractivity contribution in [2.45, 2.75) is 13.0 Å². The summed E-state index contributed by atoms with van der Waals surface area (Å²) in [6.45, 7) is 3.17. The average molecular weight is 469 g/mol. The van der Waals surface area contributed by atoms with Gasteiger partial charge in [-0.25, -0.2) is 4.39 Å². The van der Waals surface area contributed by atoms with Crippen LogP contribution in [0.2, 0.25) is 0 Å². The highest BCUT2D eigenvalue weighted by molar-refractivity contribution is 7.80. The van der Waals surface area contributed by atoms with Gasteiger partial charge in [0.05, 0.1) is 18.2 Å². The van der Waals surface area contributed by atoms with Gasteiger partial charge in [-0.3, -0.25) is 0 Å². The molecule has 0 saturated carbocycles. The molecule has 1 unspecified atom stereocenters.